The molecule has 118 valence electrons. The highest BCUT2D eigenvalue weighted by atomic mass is 16.5. The van der Waals surface area contributed by atoms with E-state index in [2.05, 4.69) is 16.0 Å². The van der Waals surface area contributed by atoms with Crippen LogP contribution in [-0.2, 0) is 0 Å². The summed E-state index contributed by atoms with van der Waals surface area (Å²) in [6, 6.07) is 10.0. The number of imidazole rings is 1. The molecule has 1 saturated heterocycles. The molecule has 1 fully saturated rings. The van der Waals surface area contributed by atoms with Gasteiger partial charge in [0, 0.05) is 31.0 Å². The predicted molar refractivity (Wildman–Crippen MR) is 91.0 cm³/mol. The van der Waals surface area contributed by atoms with Gasteiger partial charge in [-0.1, -0.05) is 0 Å². The Balaban J connectivity index is 1.66. The van der Waals surface area contributed by atoms with Crippen molar-refractivity contribution in [3.8, 4) is 17.0 Å². The second-order valence-corrected chi connectivity index (χ2v) is 5.90. The average Bonchev–Trinajstić information content (AvgIpc) is 3.06. The third-order valence-corrected chi connectivity index (χ3v) is 4.38. The minimum atomic E-state index is 0.749. The Kier molecular flexibility index (Phi) is 3.61. The number of piperidine rings is 1. The number of nitrogens with zero attached hydrogens (tertiary/aromatic N) is 4. The second-order valence-electron chi connectivity index (χ2n) is 5.90. The first-order valence-electron chi connectivity index (χ1n) is 8.08. The van der Waals surface area contributed by atoms with E-state index in [9.17, 15) is 0 Å². The van der Waals surface area contributed by atoms with Crippen LogP contribution >= 0.6 is 0 Å². The van der Waals surface area contributed by atoms with E-state index in [0.29, 0.717) is 0 Å². The van der Waals surface area contributed by atoms with Crippen molar-refractivity contribution in [1.82, 2.24) is 14.4 Å². The van der Waals surface area contributed by atoms with Crippen molar-refractivity contribution in [3.05, 3.63) is 42.7 Å². The van der Waals surface area contributed by atoms with Crippen molar-refractivity contribution >= 4 is 11.6 Å². The van der Waals surface area contributed by atoms with Crippen molar-refractivity contribution in [3.63, 3.8) is 0 Å². The van der Waals surface area contributed by atoms with Crippen molar-refractivity contribution in [1.29, 1.82) is 0 Å². The molecule has 1 aliphatic rings. The van der Waals surface area contributed by atoms with Gasteiger partial charge in [0.2, 0.25) is 5.78 Å². The highest BCUT2D eigenvalue weighted by molar-refractivity contribution is 5.62. The SMILES string of the molecule is COc1ccc(-c2cn3ccc(N4CCCCC4)nc3n2)cc1. The lowest BCUT2D eigenvalue weighted by Gasteiger charge is -2.27. The van der Waals surface area contributed by atoms with Crippen LogP contribution in [0, 0.1) is 0 Å². The fourth-order valence-electron chi connectivity index (χ4n) is 3.06. The number of hydrogen-bond donors (Lipinski definition) is 0. The molecular weight excluding hydrogens is 288 g/mol. The van der Waals surface area contributed by atoms with Crippen LogP contribution in [0.3, 0.4) is 0 Å². The summed E-state index contributed by atoms with van der Waals surface area (Å²) < 4.78 is 7.18. The van der Waals surface area contributed by atoms with Crippen LogP contribution in [0.2, 0.25) is 0 Å². The molecule has 0 saturated carbocycles. The number of hydrogen-bond acceptors (Lipinski definition) is 4. The van der Waals surface area contributed by atoms with Crippen LogP contribution in [0.25, 0.3) is 17.0 Å². The minimum Gasteiger partial charge on any atom is -0.497 e. The van der Waals surface area contributed by atoms with E-state index < -0.39 is 0 Å². The zero-order chi connectivity index (χ0) is 15.6. The molecule has 0 bridgehead atoms. The summed E-state index contributed by atoms with van der Waals surface area (Å²) in [5, 5.41) is 0. The Morgan fingerprint density at radius 1 is 0.957 bits per heavy atom. The van der Waals surface area contributed by atoms with Gasteiger partial charge >= 0.3 is 0 Å². The van der Waals surface area contributed by atoms with Gasteiger partial charge in [0.15, 0.2) is 0 Å². The monoisotopic (exact) mass is 308 g/mol. The largest absolute Gasteiger partial charge is 0.497 e. The third-order valence-electron chi connectivity index (χ3n) is 4.38. The number of fused-ring (bicyclic) bond motifs is 1. The summed E-state index contributed by atoms with van der Waals surface area (Å²) in [5.41, 5.74) is 1.99. The van der Waals surface area contributed by atoms with E-state index in [-0.39, 0.29) is 0 Å². The van der Waals surface area contributed by atoms with E-state index in [1.807, 2.05) is 41.1 Å². The molecule has 5 heteroatoms. The molecule has 23 heavy (non-hydrogen) atoms. The van der Waals surface area contributed by atoms with Gasteiger partial charge in [-0.25, -0.2) is 4.98 Å². The normalized spacial score (nSPS) is 15.1. The predicted octanol–water partition coefficient (Wildman–Crippen LogP) is 3.40. The molecule has 1 aromatic carbocycles. The summed E-state index contributed by atoms with van der Waals surface area (Å²) in [7, 11) is 1.67. The lowest BCUT2D eigenvalue weighted by atomic mass is 10.1. The minimum absolute atomic E-state index is 0.749. The van der Waals surface area contributed by atoms with Crippen molar-refractivity contribution < 1.29 is 4.74 Å². The van der Waals surface area contributed by atoms with E-state index in [1.54, 1.807) is 7.11 Å². The Labute approximate surface area is 135 Å². The van der Waals surface area contributed by atoms with Crippen LogP contribution in [0.15, 0.2) is 42.7 Å². The highest BCUT2D eigenvalue weighted by Gasteiger charge is 2.13. The van der Waals surface area contributed by atoms with Gasteiger partial charge in [0.05, 0.1) is 12.8 Å². The maximum absolute atomic E-state index is 5.20. The fourth-order valence-corrected chi connectivity index (χ4v) is 3.06. The summed E-state index contributed by atoms with van der Waals surface area (Å²) >= 11 is 0. The zero-order valence-electron chi connectivity index (χ0n) is 13.3. The number of methoxy groups -OCH3 is 1. The molecule has 0 N–H and O–H groups in total. The molecule has 1 aliphatic heterocycles. The summed E-state index contributed by atoms with van der Waals surface area (Å²) in [6.07, 6.45) is 7.89. The molecule has 3 aromatic rings. The second kappa shape index (κ2) is 5.91. The van der Waals surface area contributed by atoms with Crippen LogP contribution in [0.1, 0.15) is 19.3 Å². The first-order valence-corrected chi connectivity index (χ1v) is 8.08. The number of rotatable bonds is 3. The van der Waals surface area contributed by atoms with Gasteiger partial charge in [-0.05, 0) is 49.6 Å². The average molecular weight is 308 g/mol. The summed E-state index contributed by atoms with van der Waals surface area (Å²) in [5.74, 6) is 2.63. The standard InChI is InChI=1S/C18H20N4O/c1-23-15-7-5-14(6-8-15)16-13-22-12-9-17(20-18(22)19-16)21-10-3-2-4-11-21/h5-9,12-13H,2-4,10-11H2,1H3. The van der Waals surface area contributed by atoms with Gasteiger partial charge in [0.1, 0.15) is 11.6 Å². The van der Waals surface area contributed by atoms with Gasteiger partial charge in [-0.15, -0.1) is 0 Å². The third kappa shape index (κ3) is 2.74. The van der Waals surface area contributed by atoms with Crippen molar-refractivity contribution in [2.24, 2.45) is 0 Å². The van der Waals surface area contributed by atoms with E-state index >= 15 is 0 Å². The van der Waals surface area contributed by atoms with E-state index in [1.165, 1.54) is 19.3 Å². The lowest BCUT2D eigenvalue weighted by molar-refractivity contribution is 0.415. The van der Waals surface area contributed by atoms with Crippen LogP contribution in [0.4, 0.5) is 5.82 Å². The van der Waals surface area contributed by atoms with Gasteiger partial charge in [-0.3, -0.25) is 4.40 Å². The number of anilines is 1. The molecule has 0 radical (unpaired) electrons. The molecule has 3 heterocycles. The molecular formula is C18H20N4O. The zero-order valence-corrected chi connectivity index (χ0v) is 13.3. The molecule has 0 amide bonds. The van der Waals surface area contributed by atoms with Gasteiger partial charge < -0.3 is 9.64 Å². The topological polar surface area (TPSA) is 42.7 Å². The molecule has 4 rings (SSSR count). The molecule has 0 atom stereocenters. The smallest absolute Gasteiger partial charge is 0.236 e. The first kappa shape index (κ1) is 14.1. The molecule has 0 aliphatic carbocycles. The van der Waals surface area contributed by atoms with Crippen molar-refractivity contribution in [2.45, 2.75) is 19.3 Å². The number of benzene rings is 1. The number of aromatic nitrogens is 3. The fraction of sp³-hybridized carbons (Fsp3) is 0.333. The Bertz CT molecular complexity index is 804. The molecule has 0 spiro atoms. The Hall–Kier alpha value is -2.56. The molecule has 0 unspecified atom stereocenters. The quantitative estimate of drug-likeness (QED) is 0.744. The van der Waals surface area contributed by atoms with Gasteiger partial charge in [-0.2, -0.15) is 4.98 Å². The molecule has 5 nitrogen and oxygen atoms in total. The Morgan fingerprint density at radius 3 is 2.48 bits per heavy atom. The van der Waals surface area contributed by atoms with Crippen LogP contribution in [-0.4, -0.2) is 34.6 Å². The highest BCUT2D eigenvalue weighted by Crippen LogP contribution is 2.23. The maximum atomic E-state index is 5.20. The summed E-state index contributed by atoms with van der Waals surface area (Å²) in [6.45, 7) is 2.18. The van der Waals surface area contributed by atoms with E-state index in [4.69, 9.17) is 9.72 Å². The first-order chi connectivity index (χ1) is 11.3. The number of ether oxygens (including phenoxy) is 1. The van der Waals surface area contributed by atoms with Crippen molar-refractivity contribution in [2.75, 3.05) is 25.1 Å². The summed E-state index contributed by atoms with van der Waals surface area (Å²) in [4.78, 5) is 11.8. The van der Waals surface area contributed by atoms with Crippen LogP contribution in [0.5, 0.6) is 5.75 Å². The molecule has 2 aromatic heterocycles. The van der Waals surface area contributed by atoms with E-state index in [0.717, 1.165) is 41.7 Å². The Morgan fingerprint density at radius 2 is 1.74 bits per heavy atom. The maximum Gasteiger partial charge on any atom is 0.236 e. The van der Waals surface area contributed by atoms with Gasteiger partial charge in [0.25, 0.3) is 0 Å². The van der Waals surface area contributed by atoms with Crippen LogP contribution < -0.4 is 9.64 Å². The lowest BCUT2D eigenvalue weighted by Crippen LogP contribution is -2.30.